The molecule has 0 radical (unpaired) electrons. The number of imidazole rings is 1. The summed E-state index contributed by atoms with van der Waals surface area (Å²) in [5.41, 5.74) is 2.74. The summed E-state index contributed by atoms with van der Waals surface area (Å²) in [5, 5.41) is 3.12. The fourth-order valence-electron chi connectivity index (χ4n) is 3.67. The summed E-state index contributed by atoms with van der Waals surface area (Å²) in [6.45, 7) is 0.803. The van der Waals surface area contributed by atoms with Gasteiger partial charge in [0.25, 0.3) is 5.91 Å². The Morgan fingerprint density at radius 2 is 2.04 bits per heavy atom. The summed E-state index contributed by atoms with van der Waals surface area (Å²) >= 11 is 1.71. The molecule has 1 aromatic carbocycles. The van der Waals surface area contributed by atoms with E-state index < -0.39 is 0 Å². The van der Waals surface area contributed by atoms with E-state index >= 15 is 0 Å². The molecule has 0 aliphatic heterocycles. The average molecular weight is 380 g/mol. The van der Waals surface area contributed by atoms with Gasteiger partial charge in [-0.05, 0) is 49.1 Å². The number of nitrogens with one attached hydrogen (secondary N) is 1. The Labute approximate surface area is 164 Å². The highest BCUT2D eigenvalue weighted by Crippen LogP contribution is 2.25. The summed E-state index contributed by atoms with van der Waals surface area (Å²) < 4.78 is 2.03. The number of thioether (sulfide) groups is 1. The molecule has 0 spiro atoms. The van der Waals surface area contributed by atoms with Gasteiger partial charge in [-0.15, -0.1) is 11.8 Å². The number of carbonyl (C=O) groups excluding carboxylic acids is 1. The minimum Gasteiger partial charge on any atom is -0.352 e. The molecule has 4 nitrogen and oxygen atoms in total. The van der Waals surface area contributed by atoms with Crippen molar-refractivity contribution in [3.63, 3.8) is 0 Å². The molecule has 2 aromatic heterocycles. The number of nitrogens with zero attached hydrogens (tertiary/aromatic N) is 2. The topological polar surface area (TPSA) is 46.4 Å². The molecule has 1 amide bonds. The van der Waals surface area contributed by atoms with Gasteiger partial charge in [-0.2, -0.15) is 0 Å². The summed E-state index contributed by atoms with van der Waals surface area (Å²) in [5.74, 6) is 1.47. The minimum absolute atomic E-state index is 0.0377. The van der Waals surface area contributed by atoms with E-state index in [1.807, 2.05) is 47.0 Å². The molecule has 4 rings (SSSR count). The van der Waals surface area contributed by atoms with Gasteiger partial charge in [-0.3, -0.25) is 4.79 Å². The molecule has 1 saturated carbocycles. The van der Waals surface area contributed by atoms with E-state index in [2.05, 4.69) is 22.6 Å². The number of amides is 1. The first-order valence-corrected chi connectivity index (χ1v) is 10.7. The number of fused-ring (bicyclic) bond motifs is 1. The second-order valence-corrected chi connectivity index (χ2v) is 8.28. The van der Waals surface area contributed by atoms with Crippen molar-refractivity contribution in [1.29, 1.82) is 0 Å². The lowest BCUT2D eigenvalue weighted by Gasteiger charge is -2.21. The maximum absolute atomic E-state index is 12.5. The summed E-state index contributed by atoms with van der Waals surface area (Å²) in [6, 6.07) is 13.9. The van der Waals surface area contributed by atoms with Crippen molar-refractivity contribution in [2.75, 3.05) is 6.54 Å². The predicted octanol–water partition coefficient (Wildman–Crippen LogP) is 4.94. The first-order valence-electron chi connectivity index (χ1n) is 9.71. The van der Waals surface area contributed by atoms with Crippen molar-refractivity contribution in [2.24, 2.45) is 5.92 Å². The van der Waals surface area contributed by atoms with Gasteiger partial charge in [0.05, 0.1) is 5.69 Å². The molecule has 3 aromatic rings. The van der Waals surface area contributed by atoms with Gasteiger partial charge in [0.15, 0.2) is 0 Å². The third-order valence-electron chi connectivity index (χ3n) is 5.17. The Morgan fingerprint density at radius 3 is 2.89 bits per heavy atom. The van der Waals surface area contributed by atoms with Crippen LogP contribution in [0.15, 0.2) is 59.8 Å². The zero-order valence-corrected chi connectivity index (χ0v) is 16.3. The Balaban J connectivity index is 1.34. The first kappa shape index (κ1) is 18.1. The zero-order valence-electron chi connectivity index (χ0n) is 15.4. The first-order chi connectivity index (χ1) is 13.3. The molecule has 1 aliphatic rings. The van der Waals surface area contributed by atoms with Crippen LogP contribution in [0.25, 0.3) is 5.65 Å². The third-order valence-corrected chi connectivity index (χ3v) is 6.20. The minimum atomic E-state index is 0.0377. The van der Waals surface area contributed by atoms with Crippen molar-refractivity contribution >= 4 is 23.3 Å². The molecule has 0 bridgehead atoms. The van der Waals surface area contributed by atoms with E-state index in [0.29, 0.717) is 5.92 Å². The van der Waals surface area contributed by atoms with Gasteiger partial charge < -0.3 is 9.72 Å². The lowest BCUT2D eigenvalue weighted by atomic mass is 9.89. The van der Waals surface area contributed by atoms with Crippen LogP contribution < -0.4 is 5.32 Å². The van der Waals surface area contributed by atoms with Gasteiger partial charge in [0.1, 0.15) is 5.65 Å². The molecule has 1 N–H and O–H groups in total. The van der Waals surface area contributed by atoms with E-state index in [0.717, 1.165) is 34.1 Å². The fourth-order valence-corrected chi connectivity index (χ4v) is 4.51. The molecule has 2 heterocycles. The van der Waals surface area contributed by atoms with Crippen LogP contribution in [0.3, 0.4) is 0 Å². The van der Waals surface area contributed by atoms with Crippen LogP contribution in [-0.2, 0) is 5.75 Å². The summed E-state index contributed by atoms with van der Waals surface area (Å²) in [4.78, 5) is 18.2. The number of hydrogen-bond donors (Lipinski definition) is 1. The number of pyridine rings is 1. The smallest absolute Gasteiger partial charge is 0.251 e. The normalized spacial score (nSPS) is 15.1. The van der Waals surface area contributed by atoms with E-state index in [9.17, 15) is 4.79 Å². The molecule has 0 unspecified atom stereocenters. The molecular weight excluding hydrogens is 354 g/mol. The summed E-state index contributed by atoms with van der Waals surface area (Å²) in [7, 11) is 0. The maximum atomic E-state index is 12.5. The highest BCUT2D eigenvalue weighted by Gasteiger charge is 2.15. The third kappa shape index (κ3) is 4.72. The van der Waals surface area contributed by atoms with Crippen LogP contribution in [0.1, 0.15) is 48.2 Å². The Kier molecular flexibility index (Phi) is 5.78. The molecule has 0 atom stereocenters. The fraction of sp³-hybridized carbons (Fsp3) is 0.364. The van der Waals surface area contributed by atoms with Gasteiger partial charge >= 0.3 is 0 Å². The van der Waals surface area contributed by atoms with Gasteiger partial charge in [-0.25, -0.2) is 4.98 Å². The van der Waals surface area contributed by atoms with Crippen LogP contribution in [0.4, 0.5) is 0 Å². The maximum Gasteiger partial charge on any atom is 0.251 e. The molecule has 1 aliphatic carbocycles. The van der Waals surface area contributed by atoms with E-state index in [1.54, 1.807) is 11.8 Å². The number of benzene rings is 1. The van der Waals surface area contributed by atoms with Gasteiger partial charge in [-0.1, -0.05) is 31.4 Å². The SMILES string of the molecule is O=C(NCC1CCCCC1)c1cccc(SCc2cn3ccccc3n2)c1. The van der Waals surface area contributed by atoms with Crippen LogP contribution in [0.5, 0.6) is 0 Å². The van der Waals surface area contributed by atoms with Crippen molar-refractivity contribution < 1.29 is 4.79 Å². The van der Waals surface area contributed by atoms with E-state index in [1.165, 1.54) is 32.1 Å². The monoisotopic (exact) mass is 379 g/mol. The van der Waals surface area contributed by atoms with Crippen molar-refractivity contribution in [3.8, 4) is 0 Å². The number of rotatable bonds is 6. The van der Waals surface area contributed by atoms with Crippen molar-refractivity contribution in [2.45, 2.75) is 42.8 Å². The van der Waals surface area contributed by atoms with Gasteiger partial charge in [0.2, 0.25) is 0 Å². The highest BCUT2D eigenvalue weighted by atomic mass is 32.2. The Hall–Kier alpha value is -2.27. The highest BCUT2D eigenvalue weighted by molar-refractivity contribution is 7.98. The molecule has 0 saturated heterocycles. The quantitative estimate of drug-likeness (QED) is 0.617. The number of aromatic nitrogens is 2. The lowest BCUT2D eigenvalue weighted by Crippen LogP contribution is -2.30. The van der Waals surface area contributed by atoms with Crippen LogP contribution in [0, 0.1) is 5.92 Å². The molecular formula is C22H25N3OS. The Morgan fingerprint density at radius 1 is 1.15 bits per heavy atom. The average Bonchev–Trinajstić information content (AvgIpc) is 3.14. The largest absolute Gasteiger partial charge is 0.352 e. The summed E-state index contributed by atoms with van der Waals surface area (Å²) in [6.07, 6.45) is 10.5. The van der Waals surface area contributed by atoms with Crippen molar-refractivity contribution in [1.82, 2.24) is 14.7 Å². The second kappa shape index (κ2) is 8.61. The number of hydrogen-bond acceptors (Lipinski definition) is 3. The molecule has 27 heavy (non-hydrogen) atoms. The lowest BCUT2D eigenvalue weighted by molar-refractivity contribution is 0.0943. The predicted molar refractivity (Wildman–Crippen MR) is 110 cm³/mol. The molecule has 1 fully saturated rings. The Bertz CT molecular complexity index is 882. The van der Waals surface area contributed by atoms with Gasteiger partial charge in [0, 0.05) is 35.2 Å². The van der Waals surface area contributed by atoms with Crippen LogP contribution >= 0.6 is 11.8 Å². The van der Waals surface area contributed by atoms with Crippen LogP contribution in [0.2, 0.25) is 0 Å². The van der Waals surface area contributed by atoms with Crippen molar-refractivity contribution in [3.05, 3.63) is 66.1 Å². The zero-order chi connectivity index (χ0) is 18.5. The second-order valence-electron chi connectivity index (χ2n) is 7.23. The standard InChI is InChI=1S/C22H25N3OS/c26-22(23-14-17-7-2-1-3-8-17)18-9-6-10-20(13-18)27-16-19-15-25-12-5-4-11-21(25)24-19/h4-6,9-13,15,17H,1-3,7-8,14,16H2,(H,23,26). The van der Waals surface area contributed by atoms with Crippen LogP contribution in [-0.4, -0.2) is 21.8 Å². The van der Waals surface area contributed by atoms with E-state index in [-0.39, 0.29) is 5.91 Å². The number of carbonyl (C=O) groups is 1. The molecule has 140 valence electrons. The van der Waals surface area contributed by atoms with E-state index in [4.69, 9.17) is 0 Å². The molecule has 5 heteroatoms.